The lowest BCUT2D eigenvalue weighted by Gasteiger charge is -2.03. The van der Waals surface area contributed by atoms with Crippen LogP contribution in [0.25, 0.3) is 0 Å². The Hall–Kier alpha value is -0.480. The van der Waals surface area contributed by atoms with Crippen LogP contribution in [0.4, 0.5) is 0 Å². The highest BCUT2D eigenvalue weighted by Crippen LogP contribution is 2.33. The maximum atomic E-state index is 11.4. The van der Waals surface area contributed by atoms with Gasteiger partial charge in [0.15, 0.2) is 0 Å². The van der Waals surface area contributed by atoms with Crippen molar-refractivity contribution in [2.24, 2.45) is 0 Å². The van der Waals surface area contributed by atoms with Crippen LogP contribution in [0.15, 0.2) is 12.1 Å². The average molecular weight is 226 g/mol. The monoisotopic (exact) mass is 226 g/mol. The molecule has 0 bridgehead atoms. The third-order valence-electron chi connectivity index (χ3n) is 2.87. The summed E-state index contributed by atoms with van der Waals surface area (Å²) in [6, 6.07) is 4.11. The summed E-state index contributed by atoms with van der Waals surface area (Å²) in [5, 5.41) is 0. The summed E-state index contributed by atoms with van der Waals surface area (Å²) in [7, 11) is -1.44. The van der Waals surface area contributed by atoms with E-state index >= 15 is 0 Å². The van der Waals surface area contributed by atoms with Gasteiger partial charge in [-0.05, 0) is 22.3 Å². The van der Waals surface area contributed by atoms with Gasteiger partial charge >= 0.3 is 0 Å². The molecule has 0 unspecified atom stereocenters. The maximum absolute atomic E-state index is 11.4. The summed E-state index contributed by atoms with van der Waals surface area (Å²) in [4.78, 5) is 0. The lowest BCUT2D eigenvalue weighted by molar-refractivity contribution is 0.683. The van der Waals surface area contributed by atoms with E-state index in [0.29, 0.717) is 23.0 Å². The SMILES string of the molecule is O=[S@@]1Cc2ccc3c(c2C1)C[S@](=O)C3. The van der Waals surface area contributed by atoms with E-state index in [9.17, 15) is 8.42 Å². The molecular formula is C10H10O2S2. The van der Waals surface area contributed by atoms with Gasteiger partial charge in [0.1, 0.15) is 0 Å². The molecule has 0 amide bonds. The molecule has 0 radical (unpaired) electrons. The van der Waals surface area contributed by atoms with Crippen molar-refractivity contribution in [2.75, 3.05) is 0 Å². The summed E-state index contributed by atoms with van der Waals surface area (Å²) < 4.78 is 22.8. The van der Waals surface area contributed by atoms with Crippen LogP contribution >= 0.6 is 0 Å². The van der Waals surface area contributed by atoms with Gasteiger partial charge < -0.3 is 0 Å². The van der Waals surface area contributed by atoms with Gasteiger partial charge in [-0.25, -0.2) is 0 Å². The van der Waals surface area contributed by atoms with Gasteiger partial charge in [0.05, 0.1) is 0 Å². The minimum Gasteiger partial charge on any atom is -0.259 e. The van der Waals surface area contributed by atoms with Crippen molar-refractivity contribution >= 4 is 21.6 Å². The molecule has 1 aromatic carbocycles. The van der Waals surface area contributed by atoms with Crippen LogP contribution < -0.4 is 0 Å². The van der Waals surface area contributed by atoms with Gasteiger partial charge in [-0.1, -0.05) is 12.1 Å². The van der Waals surface area contributed by atoms with Crippen molar-refractivity contribution in [1.29, 1.82) is 0 Å². The number of hydrogen-bond acceptors (Lipinski definition) is 2. The molecule has 74 valence electrons. The molecule has 0 aliphatic carbocycles. The minimum atomic E-state index is -0.722. The van der Waals surface area contributed by atoms with Gasteiger partial charge in [-0.15, -0.1) is 0 Å². The van der Waals surface area contributed by atoms with Gasteiger partial charge in [-0.2, -0.15) is 0 Å². The fourth-order valence-corrected chi connectivity index (χ4v) is 4.99. The summed E-state index contributed by atoms with van der Waals surface area (Å²) in [5.41, 5.74) is 4.88. The normalized spacial score (nSPS) is 28.9. The molecule has 2 aliphatic rings. The molecule has 0 fully saturated rings. The van der Waals surface area contributed by atoms with Gasteiger partial charge in [-0.3, -0.25) is 8.42 Å². The molecule has 2 heterocycles. The number of fused-ring (bicyclic) bond motifs is 3. The van der Waals surface area contributed by atoms with Crippen LogP contribution in [0.2, 0.25) is 0 Å². The predicted octanol–water partition coefficient (Wildman–Crippen LogP) is 1.21. The van der Waals surface area contributed by atoms with Gasteiger partial charge in [0.2, 0.25) is 0 Å². The second-order valence-corrected chi connectivity index (χ2v) is 6.71. The number of hydrogen-bond donors (Lipinski definition) is 0. The molecule has 1 aromatic rings. The molecular weight excluding hydrogens is 216 g/mol. The van der Waals surface area contributed by atoms with E-state index < -0.39 is 21.6 Å². The van der Waals surface area contributed by atoms with E-state index in [1.165, 1.54) is 22.3 Å². The van der Waals surface area contributed by atoms with E-state index in [2.05, 4.69) is 12.1 Å². The fraction of sp³-hybridized carbons (Fsp3) is 0.400. The maximum Gasteiger partial charge on any atom is 0.0495 e. The van der Waals surface area contributed by atoms with Crippen LogP contribution in [0, 0.1) is 0 Å². The molecule has 0 saturated carbocycles. The summed E-state index contributed by atoms with van der Waals surface area (Å²) in [6.07, 6.45) is 0. The second-order valence-electron chi connectivity index (χ2n) is 3.80. The molecule has 4 heteroatoms. The lowest BCUT2D eigenvalue weighted by Crippen LogP contribution is -1.92. The Labute approximate surface area is 87.6 Å². The third-order valence-corrected chi connectivity index (χ3v) is 5.36. The molecule has 0 N–H and O–H groups in total. The van der Waals surface area contributed by atoms with Crippen LogP contribution in [0.5, 0.6) is 0 Å². The van der Waals surface area contributed by atoms with E-state index in [4.69, 9.17) is 0 Å². The van der Waals surface area contributed by atoms with Crippen molar-refractivity contribution in [3.05, 3.63) is 34.4 Å². The van der Waals surface area contributed by atoms with Crippen molar-refractivity contribution < 1.29 is 8.42 Å². The summed E-state index contributed by atoms with van der Waals surface area (Å²) in [6.45, 7) is 0. The molecule has 14 heavy (non-hydrogen) atoms. The summed E-state index contributed by atoms with van der Waals surface area (Å²) >= 11 is 0. The predicted molar refractivity (Wildman–Crippen MR) is 57.5 cm³/mol. The molecule has 3 rings (SSSR count). The second kappa shape index (κ2) is 3.00. The van der Waals surface area contributed by atoms with Crippen LogP contribution in [0.1, 0.15) is 22.3 Å². The first-order valence-corrected chi connectivity index (χ1v) is 7.54. The van der Waals surface area contributed by atoms with Crippen molar-refractivity contribution in [2.45, 2.75) is 23.0 Å². The Morgan fingerprint density at radius 2 is 1.21 bits per heavy atom. The van der Waals surface area contributed by atoms with Crippen molar-refractivity contribution in [1.82, 2.24) is 0 Å². The molecule has 2 atom stereocenters. The van der Waals surface area contributed by atoms with Crippen LogP contribution in [-0.4, -0.2) is 8.42 Å². The fourth-order valence-electron chi connectivity index (χ4n) is 2.19. The Balaban J connectivity index is 2.19. The topological polar surface area (TPSA) is 34.1 Å². The van der Waals surface area contributed by atoms with E-state index in [1.54, 1.807) is 0 Å². The lowest BCUT2D eigenvalue weighted by atomic mass is 10.0. The quantitative estimate of drug-likeness (QED) is 0.666. The van der Waals surface area contributed by atoms with E-state index in [0.717, 1.165) is 0 Å². The smallest absolute Gasteiger partial charge is 0.0495 e. The Morgan fingerprint density at radius 1 is 0.786 bits per heavy atom. The third kappa shape index (κ3) is 1.21. The highest BCUT2D eigenvalue weighted by Gasteiger charge is 2.26. The molecule has 2 nitrogen and oxygen atoms in total. The Bertz CT molecular complexity index is 422. The van der Waals surface area contributed by atoms with Gasteiger partial charge in [0, 0.05) is 44.6 Å². The van der Waals surface area contributed by atoms with Crippen molar-refractivity contribution in [3.63, 3.8) is 0 Å². The molecule has 0 saturated heterocycles. The first-order chi connectivity index (χ1) is 6.74. The molecule has 0 aromatic heterocycles. The van der Waals surface area contributed by atoms with Crippen LogP contribution in [0.3, 0.4) is 0 Å². The highest BCUT2D eigenvalue weighted by atomic mass is 32.2. The Morgan fingerprint density at radius 3 is 1.64 bits per heavy atom. The molecule has 2 aliphatic heterocycles. The zero-order valence-electron chi connectivity index (χ0n) is 7.62. The average Bonchev–Trinajstić information content (AvgIpc) is 2.65. The molecule has 0 spiro atoms. The zero-order chi connectivity index (χ0) is 9.71. The largest absolute Gasteiger partial charge is 0.259 e. The minimum absolute atomic E-state index is 0.676. The number of rotatable bonds is 0. The summed E-state index contributed by atoms with van der Waals surface area (Å²) in [5.74, 6) is 2.73. The number of benzene rings is 1. The first kappa shape index (κ1) is 8.80. The van der Waals surface area contributed by atoms with Crippen molar-refractivity contribution in [3.8, 4) is 0 Å². The first-order valence-electron chi connectivity index (χ1n) is 4.56. The highest BCUT2D eigenvalue weighted by molar-refractivity contribution is 7.84. The van der Waals surface area contributed by atoms with E-state index in [1.807, 2.05) is 0 Å². The van der Waals surface area contributed by atoms with Crippen LogP contribution in [-0.2, 0) is 44.6 Å². The van der Waals surface area contributed by atoms with Gasteiger partial charge in [0.25, 0.3) is 0 Å². The standard InChI is InChI=1S/C10H10O2S2/c11-13-3-7-1-2-8-4-14(12)6-10(8)9(7)5-13/h1-2H,3-6H2/t13-,14-/m1/s1. The zero-order valence-corrected chi connectivity index (χ0v) is 9.25. The Kier molecular flexibility index (Phi) is 1.89. The van der Waals surface area contributed by atoms with E-state index in [-0.39, 0.29) is 0 Å².